The van der Waals surface area contributed by atoms with Crippen molar-refractivity contribution in [2.75, 3.05) is 0 Å². The number of hydrogen-bond donors (Lipinski definition) is 1. The molecule has 142 valence electrons. The summed E-state index contributed by atoms with van der Waals surface area (Å²) in [4.78, 5) is 0. The summed E-state index contributed by atoms with van der Waals surface area (Å²) in [6.07, 6.45) is 0. The van der Waals surface area contributed by atoms with E-state index < -0.39 is 0 Å². The third-order valence-electron chi connectivity index (χ3n) is 4.26. The molecule has 3 rings (SSSR count). The van der Waals surface area contributed by atoms with Crippen LogP contribution in [0.4, 0.5) is 4.39 Å². The zero-order valence-corrected chi connectivity index (χ0v) is 17.4. The van der Waals surface area contributed by atoms with Gasteiger partial charge < -0.3 is 10.1 Å². The van der Waals surface area contributed by atoms with Crippen LogP contribution in [-0.2, 0) is 13.2 Å². The Hall–Kier alpha value is -1.88. The Morgan fingerprint density at radius 2 is 1.67 bits per heavy atom. The number of halogens is 3. The maximum Gasteiger partial charge on any atom is 0.129 e. The molecule has 0 radical (unpaired) electrons. The van der Waals surface area contributed by atoms with Crippen molar-refractivity contribution in [3.05, 3.63) is 99.8 Å². The van der Waals surface area contributed by atoms with E-state index in [1.165, 1.54) is 11.6 Å². The van der Waals surface area contributed by atoms with Gasteiger partial charge in [0.2, 0.25) is 0 Å². The van der Waals surface area contributed by atoms with Gasteiger partial charge >= 0.3 is 0 Å². The van der Waals surface area contributed by atoms with Gasteiger partial charge in [-0.2, -0.15) is 0 Å². The molecule has 0 aliphatic heterocycles. The summed E-state index contributed by atoms with van der Waals surface area (Å²) in [7, 11) is 0. The molecule has 3 aromatic rings. The first kappa shape index (κ1) is 21.4. The van der Waals surface area contributed by atoms with Crippen molar-refractivity contribution >= 4 is 28.3 Å². The SMILES string of the molecule is CC(NCc1cc(Br)ccc1OCc1ccccc1F)c1ccccc1.Cl. The van der Waals surface area contributed by atoms with Crippen molar-refractivity contribution in [2.24, 2.45) is 0 Å². The molecule has 1 unspecified atom stereocenters. The van der Waals surface area contributed by atoms with Crippen LogP contribution in [0.25, 0.3) is 0 Å². The molecule has 0 bridgehead atoms. The van der Waals surface area contributed by atoms with Crippen LogP contribution in [0.5, 0.6) is 5.75 Å². The minimum absolute atomic E-state index is 0. The van der Waals surface area contributed by atoms with E-state index >= 15 is 0 Å². The number of ether oxygens (including phenoxy) is 1. The third kappa shape index (κ3) is 6.06. The summed E-state index contributed by atoms with van der Waals surface area (Å²) >= 11 is 3.51. The smallest absolute Gasteiger partial charge is 0.129 e. The highest BCUT2D eigenvalue weighted by molar-refractivity contribution is 9.10. The van der Waals surface area contributed by atoms with Gasteiger partial charge in [0.1, 0.15) is 18.2 Å². The molecule has 1 atom stereocenters. The fourth-order valence-electron chi connectivity index (χ4n) is 2.72. The first-order chi connectivity index (χ1) is 12.6. The predicted octanol–water partition coefficient (Wildman–Crippen LogP) is 6.44. The lowest BCUT2D eigenvalue weighted by atomic mass is 10.1. The second kappa shape index (κ2) is 10.5. The van der Waals surface area contributed by atoms with E-state index in [2.05, 4.69) is 40.3 Å². The van der Waals surface area contributed by atoms with E-state index in [1.807, 2.05) is 42.5 Å². The molecule has 0 saturated carbocycles. The maximum atomic E-state index is 13.8. The number of rotatable bonds is 7. The monoisotopic (exact) mass is 449 g/mol. The zero-order chi connectivity index (χ0) is 18.4. The van der Waals surface area contributed by atoms with Crippen molar-refractivity contribution in [2.45, 2.75) is 26.1 Å². The highest BCUT2D eigenvalue weighted by Gasteiger charge is 2.10. The molecule has 0 fully saturated rings. The van der Waals surface area contributed by atoms with Crippen LogP contribution in [0.3, 0.4) is 0 Å². The van der Waals surface area contributed by atoms with Gasteiger partial charge in [0, 0.05) is 28.2 Å². The van der Waals surface area contributed by atoms with Gasteiger partial charge in [-0.25, -0.2) is 4.39 Å². The van der Waals surface area contributed by atoms with Crippen molar-refractivity contribution in [3.63, 3.8) is 0 Å². The lowest BCUT2D eigenvalue weighted by Crippen LogP contribution is -2.18. The second-order valence-corrected chi connectivity index (χ2v) is 7.06. The zero-order valence-electron chi connectivity index (χ0n) is 15.0. The molecule has 1 N–H and O–H groups in total. The van der Waals surface area contributed by atoms with Crippen LogP contribution in [0.2, 0.25) is 0 Å². The van der Waals surface area contributed by atoms with Crippen molar-refractivity contribution in [3.8, 4) is 5.75 Å². The molecule has 0 amide bonds. The topological polar surface area (TPSA) is 21.3 Å². The first-order valence-electron chi connectivity index (χ1n) is 8.56. The fraction of sp³-hybridized carbons (Fsp3) is 0.182. The van der Waals surface area contributed by atoms with Crippen LogP contribution < -0.4 is 10.1 Å². The highest BCUT2D eigenvalue weighted by Crippen LogP contribution is 2.25. The normalized spacial score (nSPS) is 11.5. The molecule has 3 aromatic carbocycles. The molecule has 0 aliphatic rings. The molecule has 2 nitrogen and oxygen atoms in total. The van der Waals surface area contributed by atoms with E-state index in [-0.39, 0.29) is 30.9 Å². The fourth-order valence-corrected chi connectivity index (χ4v) is 3.13. The Morgan fingerprint density at radius 1 is 0.963 bits per heavy atom. The average Bonchev–Trinajstić information content (AvgIpc) is 2.67. The second-order valence-electron chi connectivity index (χ2n) is 6.15. The number of hydrogen-bond acceptors (Lipinski definition) is 2. The Morgan fingerprint density at radius 3 is 2.41 bits per heavy atom. The summed E-state index contributed by atoms with van der Waals surface area (Å²) in [6, 6.07) is 23.1. The summed E-state index contributed by atoms with van der Waals surface area (Å²) in [5.41, 5.74) is 2.81. The van der Waals surface area contributed by atoms with E-state index in [1.54, 1.807) is 12.1 Å². The minimum atomic E-state index is -0.248. The maximum absolute atomic E-state index is 13.8. The molecule has 5 heteroatoms. The van der Waals surface area contributed by atoms with Crippen LogP contribution >= 0.6 is 28.3 Å². The minimum Gasteiger partial charge on any atom is -0.488 e. The molecule has 0 spiro atoms. The van der Waals surface area contributed by atoms with Gasteiger partial charge in [-0.05, 0) is 36.8 Å². The van der Waals surface area contributed by atoms with Crippen LogP contribution in [0.1, 0.15) is 29.7 Å². The number of benzene rings is 3. The summed E-state index contributed by atoms with van der Waals surface area (Å²) in [5.74, 6) is 0.506. The third-order valence-corrected chi connectivity index (χ3v) is 4.76. The van der Waals surface area contributed by atoms with Crippen LogP contribution in [-0.4, -0.2) is 0 Å². The van der Waals surface area contributed by atoms with Gasteiger partial charge in [0.15, 0.2) is 0 Å². The summed E-state index contributed by atoms with van der Waals surface area (Å²) in [5, 5.41) is 3.52. The van der Waals surface area contributed by atoms with Crippen LogP contribution in [0, 0.1) is 5.82 Å². The first-order valence-corrected chi connectivity index (χ1v) is 9.36. The Balaban J connectivity index is 0.00000261. The molecule has 0 heterocycles. The van der Waals surface area contributed by atoms with Gasteiger partial charge in [0.05, 0.1) is 0 Å². The van der Waals surface area contributed by atoms with Gasteiger partial charge in [-0.1, -0.05) is 64.5 Å². The van der Waals surface area contributed by atoms with Gasteiger partial charge in [-0.3, -0.25) is 0 Å². The largest absolute Gasteiger partial charge is 0.488 e. The van der Waals surface area contributed by atoms with Crippen molar-refractivity contribution in [1.29, 1.82) is 0 Å². The molecular formula is C22H22BrClFNO. The van der Waals surface area contributed by atoms with Crippen LogP contribution in [0.15, 0.2) is 77.3 Å². The molecule has 0 aromatic heterocycles. The molecule has 0 saturated heterocycles. The van der Waals surface area contributed by atoms with Crippen molar-refractivity contribution < 1.29 is 9.13 Å². The molecular weight excluding hydrogens is 429 g/mol. The molecule has 27 heavy (non-hydrogen) atoms. The number of nitrogens with one attached hydrogen (secondary N) is 1. The van der Waals surface area contributed by atoms with Gasteiger partial charge in [0.25, 0.3) is 0 Å². The molecule has 0 aliphatic carbocycles. The van der Waals surface area contributed by atoms with E-state index in [0.29, 0.717) is 12.1 Å². The summed E-state index contributed by atoms with van der Waals surface area (Å²) in [6.45, 7) is 2.99. The van der Waals surface area contributed by atoms with Gasteiger partial charge in [-0.15, -0.1) is 12.4 Å². The van der Waals surface area contributed by atoms with E-state index in [0.717, 1.165) is 15.8 Å². The predicted molar refractivity (Wildman–Crippen MR) is 114 cm³/mol. The standard InChI is InChI=1S/C22H21BrFNO.ClH/c1-16(17-7-3-2-4-8-17)25-14-19-13-20(23)11-12-22(19)26-15-18-9-5-6-10-21(18)24;/h2-13,16,25H,14-15H2,1H3;1H. The van der Waals surface area contributed by atoms with E-state index in [9.17, 15) is 4.39 Å². The lowest BCUT2D eigenvalue weighted by molar-refractivity contribution is 0.295. The van der Waals surface area contributed by atoms with Crippen molar-refractivity contribution in [1.82, 2.24) is 5.32 Å². The Kier molecular flexibility index (Phi) is 8.29. The Labute approximate surface area is 174 Å². The lowest BCUT2D eigenvalue weighted by Gasteiger charge is -2.17. The highest BCUT2D eigenvalue weighted by atomic mass is 79.9. The average molecular weight is 451 g/mol. The quantitative estimate of drug-likeness (QED) is 0.447. The van der Waals surface area contributed by atoms with E-state index in [4.69, 9.17) is 4.74 Å². The summed E-state index contributed by atoms with van der Waals surface area (Å²) < 4.78 is 20.7. The Bertz CT molecular complexity index is 860.